The standard InChI is InChI=1S/C23H28N4O5S/c1-5-12-24-33(29,30)20-14-17(8-11-19(20)31-4)22(28)25-18-9-6-16(7-10-18)13-21-26-23(15(2)3)32-27-21/h6-11,14-15,24H,5,12-13H2,1-4H3,(H,25,28). The number of hydrogen-bond acceptors (Lipinski definition) is 7. The molecule has 0 aliphatic carbocycles. The summed E-state index contributed by atoms with van der Waals surface area (Å²) in [6.07, 6.45) is 1.15. The van der Waals surface area contributed by atoms with Crippen molar-refractivity contribution < 1.29 is 22.5 Å². The molecule has 0 aliphatic heterocycles. The lowest BCUT2D eigenvalue weighted by molar-refractivity contribution is 0.102. The zero-order valence-corrected chi connectivity index (χ0v) is 19.9. The number of hydrogen-bond donors (Lipinski definition) is 2. The average Bonchev–Trinajstić information content (AvgIpc) is 3.27. The first kappa shape index (κ1) is 24.4. The third-order valence-corrected chi connectivity index (χ3v) is 6.29. The number of carbonyl (C=O) groups is 1. The maximum absolute atomic E-state index is 12.7. The molecule has 0 unspecified atom stereocenters. The van der Waals surface area contributed by atoms with E-state index in [-0.39, 0.29) is 28.7 Å². The quantitative estimate of drug-likeness (QED) is 0.461. The molecule has 1 amide bonds. The SMILES string of the molecule is CCCNS(=O)(=O)c1cc(C(=O)Nc2ccc(Cc3noc(C(C)C)n3)cc2)ccc1OC. The molecule has 1 heterocycles. The van der Waals surface area contributed by atoms with E-state index in [1.165, 1.54) is 25.3 Å². The number of amides is 1. The van der Waals surface area contributed by atoms with Crippen LogP contribution < -0.4 is 14.8 Å². The van der Waals surface area contributed by atoms with Gasteiger partial charge in [0.25, 0.3) is 5.91 Å². The van der Waals surface area contributed by atoms with Crippen LogP contribution in [0.5, 0.6) is 5.75 Å². The van der Waals surface area contributed by atoms with Gasteiger partial charge in [-0.2, -0.15) is 4.98 Å². The number of ether oxygens (including phenoxy) is 1. The van der Waals surface area contributed by atoms with Gasteiger partial charge in [-0.3, -0.25) is 4.79 Å². The third kappa shape index (κ3) is 6.17. The van der Waals surface area contributed by atoms with Gasteiger partial charge in [0, 0.05) is 30.1 Å². The van der Waals surface area contributed by atoms with Crippen LogP contribution in [-0.2, 0) is 16.4 Å². The summed E-state index contributed by atoms with van der Waals surface area (Å²) in [5.41, 5.74) is 1.73. The molecule has 0 radical (unpaired) electrons. The number of methoxy groups -OCH3 is 1. The minimum atomic E-state index is -3.81. The Morgan fingerprint density at radius 3 is 2.48 bits per heavy atom. The van der Waals surface area contributed by atoms with E-state index in [0.29, 0.717) is 30.2 Å². The minimum Gasteiger partial charge on any atom is -0.495 e. The number of aromatic nitrogens is 2. The largest absolute Gasteiger partial charge is 0.495 e. The average molecular weight is 473 g/mol. The third-order valence-electron chi connectivity index (χ3n) is 4.81. The molecule has 0 fully saturated rings. The van der Waals surface area contributed by atoms with Crippen molar-refractivity contribution in [2.75, 3.05) is 19.0 Å². The Balaban J connectivity index is 1.72. The van der Waals surface area contributed by atoms with E-state index in [0.717, 1.165) is 5.56 Å². The highest BCUT2D eigenvalue weighted by Gasteiger charge is 2.21. The van der Waals surface area contributed by atoms with Crippen LogP contribution in [0.2, 0.25) is 0 Å². The van der Waals surface area contributed by atoms with Crippen LogP contribution in [-0.4, -0.2) is 38.1 Å². The fourth-order valence-electron chi connectivity index (χ4n) is 3.01. The van der Waals surface area contributed by atoms with E-state index in [4.69, 9.17) is 9.26 Å². The second kappa shape index (κ2) is 10.6. The molecule has 10 heteroatoms. The van der Waals surface area contributed by atoms with E-state index in [9.17, 15) is 13.2 Å². The first-order valence-electron chi connectivity index (χ1n) is 10.6. The summed E-state index contributed by atoms with van der Waals surface area (Å²) >= 11 is 0. The minimum absolute atomic E-state index is 0.0812. The second-order valence-electron chi connectivity index (χ2n) is 7.79. The maximum Gasteiger partial charge on any atom is 0.255 e. The zero-order valence-electron chi connectivity index (χ0n) is 19.1. The predicted molar refractivity (Wildman–Crippen MR) is 124 cm³/mol. The molecule has 0 spiro atoms. The van der Waals surface area contributed by atoms with Gasteiger partial charge in [-0.25, -0.2) is 13.1 Å². The predicted octanol–water partition coefficient (Wildman–Crippen LogP) is 3.73. The van der Waals surface area contributed by atoms with Gasteiger partial charge in [0.2, 0.25) is 15.9 Å². The Kier molecular flexibility index (Phi) is 7.83. The fourth-order valence-corrected chi connectivity index (χ4v) is 4.33. The zero-order chi connectivity index (χ0) is 24.0. The number of anilines is 1. The summed E-state index contributed by atoms with van der Waals surface area (Å²) in [7, 11) is -2.43. The number of benzene rings is 2. The van der Waals surface area contributed by atoms with Crippen LogP contribution in [0.3, 0.4) is 0 Å². The Bertz CT molecular complexity index is 1200. The highest BCUT2D eigenvalue weighted by atomic mass is 32.2. The van der Waals surface area contributed by atoms with E-state index in [1.807, 2.05) is 32.9 Å². The molecule has 9 nitrogen and oxygen atoms in total. The molecule has 2 N–H and O–H groups in total. The van der Waals surface area contributed by atoms with Crippen molar-refractivity contribution in [3.05, 3.63) is 65.3 Å². The Hall–Kier alpha value is -3.24. The van der Waals surface area contributed by atoms with Gasteiger partial charge in [0.15, 0.2) is 5.82 Å². The molecule has 2 aromatic carbocycles. The molecule has 33 heavy (non-hydrogen) atoms. The summed E-state index contributed by atoms with van der Waals surface area (Å²) in [6, 6.07) is 11.5. The van der Waals surface area contributed by atoms with Gasteiger partial charge in [-0.1, -0.05) is 38.1 Å². The molecule has 0 aliphatic rings. The fraction of sp³-hybridized carbons (Fsp3) is 0.348. The molecule has 1 aromatic heterocycles. The number of sulfonamides is 1. The van der Waals surface area contributed by atoms with Crippen molar-refractivity contribution in [3.63, 3.8) is 0 Å². The number of nitrogens with one attached hydrogen (secondary N) is 2. The van der Waals surface area contributed by atoms with Gasteiger partial charge in [-0.15, -0.1) is 0 Å². The van der Waals surface area contributed by atoms with Crippen LogP contribution in [0, 0.1) is 0 Å². The first-order chi connectivity index (χ1) is 15.7. The van der Waals surface area contributed by atoms with E-state index < -0.39 is 15.9 Å². The lowest BCUT2D eigenvalue weighted by atomic mass is 10.1. The van der Waals surface area contributed by atoms with Crippen molar-refractivity contribution >= 4 is 21.6 Å². The highest BCUT2D eigenvalue weighted by molar-refractivity contribution is 7.89. The monoisotopic (exact) mass is 472 g/mol. The van der Waals surface area contributed by atoms with Crippen LogP contribution >= 0.6 is 0 Å². The highest BCUT2D eigenvalue weighted by Crippen LogP contribution is 2.25. The van der Waals surface area contributed by atoms with Crippen LogP contribution in [0.1, 0.15) is 60.7 Å². The smallest absolute Gasteiger partial charge is 0.255 e. The molecule has 3 rings (SSSR count). The van der Waals surface area contributed by atoms with E-state index in [1.54, 1.807) is 12.1 Å². The van der Waals surface area contributed by atoms with Crippen molar-refractivity contribution in [2.45, 2.75) is 44.4 Å². The molecule has 3 aromatic rings. The summed E-state index contributed by atoms with van der Waals surface area (Å²) in [5, 5.41) is 6.77. The lowest BCUT2D eigenvalue weighted by Gasteiger charge is -2.12. The van der Waals surface area contributed by atoms with E-state index in [2.05, 4.69) is 20.2 Å². The van der Waals surface area contributed by atoms with Crippen molar-refractivity contribution in [1.29, 1.82) is 0 Å². The maximum atomic E-state index is 12.7. The molecule has 0 atom stereocenters. The van der Waals surface area contributed by atoms with Crippen molar-refractivity contribution in [3.8, 4) is 5.75 Å². The summed E-state index contributed by atoms with van der Waals surface area (Å²) < 4.78 is 38.1. The number of carbonyl (C=O) groups excluding carboxylic acids is 1. The Labute approximate surface area is 193 Å². The van der Waals surface area contributed by atoms with Gasteiger partial charge in [0.05, 0.1) is 7.11 Å². The Morgan fingerprint density at radius 2 is 1.88 bits per heavy atom. The van der Waals surface area contributed by atoms with Crippen molar-refractivity contribution in [2.24, 2.45) is 0 Å². The van der Waals surface area contributed by atoms with Crippen molar-refractivity contribution in [1.82, 2.24) is 14.9 Å². The molecule has 0 bridgehead atoms. The summed E-state index contributed by atoms with van der Waals surface area (Å²) in [4.78, 5) is 17.0. The topological polar surface area (TPSA) is 123 Å². The number of nitrogens with zero attached hydrogens (tertiary/aromatic N) is 2. The molecule has 0 saturated carbocycles. The molecular weight excluding hydrogens is 444 g/mol. The summed E-state index contributed by atoms with van der Waals surface area (Å²) in [5.74, 6) is 1.09. The second-order valence-corrected chi connectivity index (χ2v) is 9.53. The Morgan fingerprint density at radius 1 is 1.15 bits per heavy atom. The van der Waals surface area contributed by atoms with E-state index >= 15 is 0 Å². The van der Waals surface area contributed by atoms with Crippen LogP contribution in [0.25, 0.3) is 0 Å². The van der Waals surface area contributed by atoms with Gasteiger partial charge >= 0.3 is 0 Å². The van der Waals surface area contributed by atoms with Crippen LogP contribution in [0.4, 0.5) is 5.69 Å². The number of rotatable bonds is 10. The molecule has 0 saturated heterocycles. The lowest BCUT2D eigenvalue weighted by Crippen LogP contribution is -2.25. The first-order valence-corrected chi connectivity index (χ1v) is 12.1. The summed E-state index contributed by atoms with van der Waals surface area (Å²) in [6.45, 7) is 6.12. The molecule has 176 valence electrons. The van der Waals surface area contributed by atoms with Gasteiger partial charge < -0.3 is 14.6 Å². The normalized spacial score (nSPS) is 11.5. The molecular formula is C23H28N4O5S. The van der Waals surface area contributed by atoms with Crippen LogP contribution in [0.15, 0.2) is 51.9 Å². The van der Waals surface area contributed by atoms with Gasteiger partial charge in [0.1, 0.15) is 10.6 Å². The van der Waals surface area contributed by atoms with Gasteiger partial charge in [-0.05, 0) is 42.3 Å².